The molecule has 0 saturated carbocycles. The third-order valence-electron chi connectivity index (χ3n) is 5.23. The highest BCUT2D eigenvalue weighted by Gasteiger charge is 2.32. The molecular formula is C21H25BrN2O4S. The number of nitrogens with one attached hydrogen (secondary N) is 1. The number of hydrogen-bond donors (Lipinski definition) is 1. The van der Waals surface area contributed by atoms with E-state index in [1.807, 2.05) is 31.2 Å². The molecule has 1 atom stereocenters. The second kappa shape index (κ2) is 9.28. The zero-order valence-electron chi connectivity index (χ0n) is 16.5. The van der Waals surface area contributed by atoms with Gasteiger partial charge >= 0.3 is 0 Å². The van der Waals surface area contributed by atoms with Gasteiger partial charge in [-0.15, -0.1) is 0 Å². The number of halogens is 1. The van der Waals surface area contributed by atoms with E-state index in [4.69, 9.17) is 4.74 Å². The quantitative estimate of drug-likeness (QED) is 0.682. The number of rotatable bonds is 6. The average molecular weight is 481 g/mol. The first-order valence-electron chi connectivity index (χ1n) is 9.51. The van der Waals surface area contributed by atoms with Crippen molar-refractivity contribution in [2.24, 2.45) is 5.92 Å². The Bertz CT molecular complexity index is 955. The molecule has 2 aromatic rings. The molecule has 6 nitrogen and oxygen atoms in total. The third-order valence-corrected chi connectivity index (χ3v) is 7.64. The number of ether oxygens (including phenoxy) is 1. The summed E-state index contributed by atoms with van der Waals surface area (Å²) in [6, 6.07) is 14.1. The number of carbonyl (C=O) groups excluding carboxylic acids is 1. The number of nitrogens with zero attached hydrogens (tertiary/aromatic N) is 1. The Morgan fingerprint density at radius 3 is 2.41 bits per heavy atom. The number of amides is 1. The molecule has 2 aromatic carbocycles. The highest BCUT2D eigenvalue weighted by molar-refractivity contribution is 9.10. The molecule has 0 bridgehead atoms. The lowest BCUT2D eigenvalue weighted by molar-refractivity contribution is -0.126. The smallest absolute Gasteiger partial charge is 0.243 e. The molecule has 0 spiro atoms. The van der Waals surface area contributed by atoms with Crippen LogP contribution in [0, 0.1) is 5.92 Å². The van der Waals surface area contributed by atoms with Crippen LogP contribution in [0.1, 0.15) is 31.4 Å². The van der Waals surface area contributed by atoms with Crippen molar-refractivity contribution in [1.82, 2.24) is 9.62 Å². The van der Waals surface area contributed by atoms with Gasteiger partial charge in [0.25, 0.3) is 0 Å². The number of piperidine rings is 1. The van der Waals surface area contributed by atoms with Crippen LogP contribution in [0.5, 0.6) is 5.75 Å². The second-order valence-electron chi connectivity index (χ2n) is 7.14. The predicted octanol–water partition coefficient (Wildman–Crippen LogP) is 3.74. The van der Waals surface area contributed by atoms with Crippen LogP contribution in [0.4, 0.5) is 0 Å². The van der Waals surface area contributed by atoms with Gasteiger partial charge in [-0.3, -0.25) is 4.79 Å². The maximum Gasteiger partial charge on any atom is 0.243 e. The lowest BCUT2D eigenvalue weighted by Crippen LogP contribution is -2.43. The molecule has 1 aliphatic rings. The fourth-order valence-electron chi connectivity index (χ4n) is 3.45. The fraction of sp³-hybridized carbons (Fsp3) is 0.381. The predicted molar refractivity (Wildman–Crippen MR) is 115 cm³/mol. The van der Waals surface area contributed by atoms with Gasteiger partial charge in [0, 0.05) is 23.5 Å². The van der Waals surface area contributed by atoms with E-state index in [1.54, 1.807) is 24.3 Å². The van der Waals surface area contributed by atoms with E-state index in [9.17, 15) is 13.2 Å². The lowest BCUT2D eigenvalue weighted by Gasteiger charge is -2.31. The zero-order valence-corrected chi connectivity index (χ0v) is 18.9. The second-order valence-corrected chi connectivity index (χ2v) is 9.99. The third kappa shape index (κ3) is 5.18. The summed E-state index contributed by atoms with van der Waals surface area (Å²) in [4.78, 5) is 12.9. The molecule has 0 aromatic heterocycles. The minimum Gasteiger partial charge on any atom is -0.497 e. The highest BCUT2D eigenvalue weighted by atomic mass is 79.9. The Balaban J connectivity index is 1.58. The lowest BCUT2D eigenvalue weighted by atomic mass is 9.96. The zero-order chi connectivity index (χ0) is 21.0. The first-order chi connectivity index (χ1) is 13.8. The summed E-state index contributed by atoms with van der Waals surface area (Å²) in [6.45, 7) is 2.61. The summed E-state index contributed by atoms with van der Waals surface area (Å²) < 4.78 is 33.2. The van der Waals surface area contributed by atoms with E-state index in [2.05, 4.69) is 21.2 Å². The molecule has 0 aliphatic carbocycles. The summed E-state index contributed by atoms with van der Waals surface area (Å²) in [5.41, 5.74) is 1.02. The van der Waals surface area contributed by atoms with E-state index >= 15 is 0 Å². The number of hydrogen-bond acceptors (Lipinski definition) is 4. The highest BCUT2D eigenvalue weighted by Crippen LogP contribution is 2.26. The number of benzene rings is 2. The molecule has 29 heavy (non-hydrogen) atoms. The van der Waals surface area contributed by atoms with Gasteiger partial charge in [-0.1, -0.05) is 28.1 Å². The monoisotopic (exact) mass is 480 g/mol. The van der Waals surface area contributed by atoms with Crippen molar-refractivity contribution in [3.8, 4) is 5.75 Å². The number of sulfonamides is 1. The molecule has 1 amide bonds. The SMILES string of the molecule is COc1ccc(S(=O)(=O)N2CCC(C(=O)N[C@H](C)c3cccc(Br)c3)CC2)cc1. The largest absolute Gasteiger partial charge is 0.497 e. The van der Waals surface area contributed by atoms with Crippen LogP contribution < -0.4 is 10.1 Å². The summed E-state index contributed by atoms with van der Waals surface area (Å²) in [6.07, 6.45) is 1.01. The van der Waals surface area contributed by atoms with Gasteiger partial charge in [-0.05, 0) is 61.7 Å². The molecule has 0 unspecified atom stereocenters. The Kier molecular flexibility index (Phi) is 6.97. The van der Waals surface area contributed by atoms with Crippen molar-refractivity contribution in [3.05, 3.63) is 58.6 Å². The minimum atomic E-state index is -3.57. The Labute approximate surface area is 180 Å². The Hall–Kier alpha value is -1.90. The molecule has 1 heterocycles. The van der Waals surface area contributed by atoms with Crippen molar-refractivity contribution in [2.75, 3.05) is 20.2 Å². The van der Waals surface area contributed by atoms with Crippen LogP contribution in [-0.4, -0.2) is 38.8 Å². The van der Waals surface area contributed by atoms with Crippen molar-refractivity contribution in [2.45, 2.75) is 30.7 Å². The van der Waals surface area contributed by atoms with Gasteiger partial charge in [-0.25, -0.2) is 8.42 Å². The van der Waals surface area contributed by atoms with Gasteiger partial charge in [-0.2, -0.15) is 4.31 Å². The molecule has 0 radical (unpaired) electrons. The number of carbonyl (C=O) groups is 1. The van der Waals surface area contributed by atoms with Crippen LogP contribution in [0.25, 0.3) is 0 Å². The molecule has 1 aliphatic heterocycles. The van der Waals surface area contributed by atoms with Crippen molar-refractivity contribution in [3.63, 3.8) is 0 Å². The van der Waals surface area contributed by atoms with Crippen LogP contribution in [-0.2, 0) is 14.8 Å². The Morgan fingerprint density at radius 2 is 1.83 bits per heavy atom. The summed E-state index contributed by atoms with van der Waals surface area (Å²) in [7, 11) is -2.03. The van der Waals surface area contributed by atoms with E-state index in [1.165, 1.54) is 11.4 Å². The summed E-state index contributed by atoms with van der Waals surface area (Å²) in [5.74, 6) is 0.393. The molecule has 3 rings (SSSR count). The van der Waals surface area contributed by atoms with Crippen LogP contribution in [0.3, 0.4) is 0 Å². The average Bonchev–Trinajstić information content (AvgIpc) is 2.73. The summed E-state index contributed by atoms with van der Waals surface area (Å²) >= 11 is 3.44. The molecule has 1 fully saturated rings. The van der Waals surface area contributed by atoms with E-state index in [0.29, 0.717) is 31.7 Å². The molecule has 156 valence electrons. The van der Waals surface area contributed by atoms with Crippen LogP contribution >= 0.6 is 15.9 Å². The van der Waals surface area contributed by atoms with E-state index < -0.39 is 10.0 Å². The minimum absolute atomic E-state index is 0.0287. The molecular weight excluding hydrogens is 456 g/mol. The molecule has 1 saturated heterocycles. The van der Waals surface area contributed by atoms with E-state index in [-0.39, 0.29) is 22.8 Å². The molecule has 8 heteroatoms. The van der Waals surface area contributed by atoms with Gasteiger partial charge < -0.3 is 10.1 Å². The van der Waals surface area contributed by atoms with Crippen molar-refractivity contribution < 1.29 is 17.9 Å². The van der Waals surface area contributed by atoms with Gasteiger partial charge in [0.05, 0.1) is 18.0 Å². The maximum atomic E-state index is 12.8. The first kappa shape index (κ1) is 21.8. The standard InChI is InChI=1S/C21H25BrN2O4S/c1-15(17-4-3-5-18(22)14-17)23-21(25)16-10-12-24(13-11-16)29(26,27)20-8-6-19(28-2)7-9-20/h3-9,14-16H,10-13H2,1-2H3,(H,23,25)/t15-/m1/s1. The van der Waals surface area contributed by atoms with Crippen molar-refractivity contribution >= 4 is 31.9 Å². The normalized spacial score (nSPS) is 16.9. The van der Waals surface area contributed by atoms with Crippen LogP contribution in [0.15, 0.2) is 57.9 Å². The van der Waals surface area contributed by atoms with Crippen LogP contribution in [0.2, 0.25) is 0 Å². The van der Waals surface area contributed by atoms with Crippen molar-refractivity contribution in [1.29, 1.82) is 0 Å². The van der Waals surface area contributed by atoms with Gasteiger partial charge in [0.15, 0.2) is 0 Å². The molecule has 1 N–H and O–H groups in total. The maximum absolute atomic E-state index is 12.8. The fourth-order valence-corrected chi connectivity index (χ4v) is 5.33. The Morgan fingerprint density at radius 1 is 1.17 bits per heavy atom. The van der Waals surface area contributed by atoms with E-state index in [0.717, 1.165) is 10.0 Å². The topological polar surface area (TPSA) is 75.7 Å². The first-order valence-corrected chi connectivity index (χ1v) is 11.7. The summed E-state index contributed by atoms with van der Waals surface area (Å²) in [5, 5.41) is 3.05. The number of methoxy groups -OCH3 is 1. The van der Waals surface area contributed by atoms with Gasteiger partial charge in [0.1, 0.15) is 5.75 Å². The van der Waals surface area contributed by atoms with Gasteiger partial charge in [0.2, 0.25) is 15.9 Å².